The first-order chi connectivity index (χ1) is 12.0. The minimum Gasteiger partial charge on any atom is -0.373 e. The predicted molar refractivity (Wildman–Crippen MR) is 96.1 cm³/mol. The zero-order valence-electron chi connectivity index (χ0n) is 14.6. The van der Waals surface area contributed by atoms with Crippen molar-refractivity contribution in [1.82, 2.24) is 14.9 Å². The topological polar surface area (TPSA) is 82.2 Å². The molecule has 2 aromatic rings. The van der Waals surface area contributed by atoms with Gasteiger partial charge in [0.2, 0.25) is 5.91 Å². The van der Waals surface area contributed by atoms with Gasteiger partial charge in [-0.2, -0.15) is 0 Å². The molecule has 6 nitrogen and oxygen atoms in total. The van der Waals surface area contributed by atoms with Gasteiger partial charge in [-0.15, -0.1) is 0 Å². The summed E-state index contributed by atoms with van der Waals surface area (Å²) in [7, 11) is 0. The first kappa shape index (κ1) is 17.6. The average molecular weight is 342 g/mol. The van der Waals surface area contributed by atoms with Crippen molar-refractivity contribution in [3.8, 4) is 0 Å². The number of benzene rings is 1. The largest absolute Gasteiger partial charge is 0.373 e. The Bertz CT molecular complexity index is 692. The van der Waals surface area contributed by atoms with Crippen LogP contribution in [0.1, 0.15) is 31.0 Å². The van der Waals surface area contributed by atoms with Crippen molar-refractivity contribution in [1.29, 1.82) is 0 Å². The molecule has 1 fully saturated rings. The van der Waals surface area contributed by atoms with E-state index in [-0.39, 0.29) is 11.5 Å². The van der Waals surface area contributed by atoms with Crippen LogP contribution in [0.5, 0.6) is 0 Å². The fourth-order valence-electron chi connectivity index (χ4n) is 3.09. The molecular weight excluding hydrogens is 316 g/mol. The van der Waals surface area contributed by atoms with Crippen LogP contribution in [0.15, 0.2) is 42.9 Å². The maximum atomic E-state index is 12.2. The Morgan fingerprint density at radius 3 is 2.96 bits per heavy atom. The minimum atomic E-state index is -0.606. The quantitative estimate of drug-likeness (QED) is 0.799. The number of ether oxygens (including phenoxy) is 1. The normalized spacial score (nSPS) is 21.2. The van der Waals surface area contributed by atoms with E-state index in [2.05, 4.69) is 22.4 Å². The Balaban J connectivity index is 1.49. The van der Waals surface area contributed by atoms with E-state index in [4.69, 9.17) is 10.5 Å². The second-order valence-corrected chi connectivity index (χ2v) is 6.95. The minimum absolute atomic E-state index is 0.158. The van der Waals surface area contributed by atoms with Gasteiger partial charge in [0.1, 0.15) is 0 Å². The molecule has 3 rings (SSSR count). The van der Waals surface area contributed by atoms with Crippen LogP contribution in [-0.2, 0) is 22.5 Å². The van der Waals surface area contributed by atoms with Gasteiger partial charge in [0, 0.05) is 32.3 Å². The number of imidazole rings is 1. The molecular formula is C19H26N4O2. The molecule has 0 bridgehead atoms. The van der Waals surface area contributed by atoms with Gasteiger partial charge in [0.25, 0.3) is 0 Å². The lowest BCUT2D eigenvalue weighted by Crippen LogP contribution is -2.47. The summed E-state index contributed by atoms with van der Waals surface area (Å²) in [6.45, 7) is 4.04. The third-order valence-corrected chi connectivity index (χ3v) is 4.60. The van der Waals surface area contributed by atoms with Crippen LogP contribution < -0.4 is 11.1 Å². The van der Waals surface area contributed by atoms with E-state index >= 15 is 0 Å². The van der Waals surface area contributed by atoms with Crippen LogP contribution >= 0.6 is 0 Å². The fraction of sp³-hybridized carbons (Fsp3) is 0.474. The summed E-state index contributed by atoms with van der Waals surface area (Å²) in [5, 5.41) is 2.91. The number of nitrogens with one attached hydrogen (secondary N) is 1. The van der Waals surface area contributed by atoms with Crippen LogP contribution in [0.3, 0.4) is 0 Å². The molecule has 1 unspecified atom stereocenters. The number of hydrogen-bond acceptors (Lipinski definition) is 4. The highest BCUT2D eigenvalue weighted by atomic mass is 16.5. The first-order valence-electron chi connectivity index (χ1n) is 8.76. The molecule has 1 saturated heterocycles. The number of amides is 1. The third-order valence-electron chi connectivity index (χ3n) is 4.60. The van der Waals surface area contributed by atoms with E-state index in [0.717, 1.165) is 31.7 Å². The zero-order valence-corrected chi connectivity index (χ0v) is 14.6. The number of rotatable bonds is 7. The molecule has 1 aromatic heterocycles. The van der Waals surface area contributed by atoms with Crippen molar-refractivity contribution in [3.05, 3.63) is 54.1 Å². The van der Waals surface area contributed by atoms with E-state index in [9.17, 15) is 4.79 Å². The summed E-state index contributed by atoms with van der Waals surface area (Å²) in [5.74, 6) is -0.158. The summed E-state index contributed by atoms with van der Waals surface area (Å²) in [4.78, 5) is 16.6. The highest BCUT2D eigenvalue weighted by Crippen LogP contribution is 2.23. The Labute approximate surface area is 148 Å². The Morgan fingerprint density at radius 1 is 1.44 bits per heavy atom. The van der Waals surface area contributed by atoms with Gasteiger partial charge in [-0.3, -0.25) is 4.79 Å². The molecule has 1 aliphatic heterocycles. The Kier molecular flexibility index (Phi) is 5.50. The molecule has 25 heavy (non-hydrogen) atoms. The fourth-order valence-corrected chi connectivity index (χ4v) is 3.09. The molecule has 134 valence electrons. The molecule has 0 aliphatic carbocycles. The molecule has 2 heterocycles. The van der Waals surface area contributed by atoms with Crippen LogP contribution in [0, 0.1) is 0 Å². The number of hydrogen-bond donors (Lipinski definition) is 2. The van der Waals surface area contributed by atoms with Crippen molar-refractivity contribution in [2.45, 2.75) is 44.4 Å². The monoisotopic (exact) mass is 342 g/mol. The highest BCUT2D eigenvalue weighted by molar-refractivity contribution is 5.81. The van der Waals surface area contributed by atoms with Gasteiger partial charge in [-0.05, 0) is 25.3 Å². The second kappa shape index (κ2) is 7.80. The molecule has 6 heteroatoms. The van der Waals surface area contributed by atoms with Crippen molar-refractivity contribution < 1.29 is 9.53 Å². The zero-order chi connectivity index (χ0) is 17.7. The number of nitrogens with two attached hydrogens (primary N) is 1. The molecule has 1 aromatic carbocycles. The van der Waals surface area contributed by atoms with Crippen LogP contribution in [-0.4, -0.2) is 40.3 Å². The number of carbonyl (C=O) groups excluding carboxylic acids is 1. The number of carbonyl (C=O) groups is 1. The molecule has 0 saturated carbocycles. The molecule has 2 atom stereocenters. The Morgan fingerprint density at radius 2 is 2.24 bits per heavy atom. The smallest absolute Gasteiger partial charge is 0.237 e. The number of aromatic nitrogens is 2. The van der Waals surface area contributed by atoms with Gasteiger partial charge in [-0.1, -0.05) is 30.3 Å². The van der Waals surface area contributed by atoms with Crippen molar-refractivity contribution in [3.63, 3.8) is 0 Å². The van der Waals surface area contributed by atoms with Crippen molar-refractivity contribution in [2.24, 2.45) is 5.73 Å². The maximum absolute atomic E-state index is 12.2. The van der Waals surface area contributed by atoms with E-state index in [1.54, 1.807) is 6.33 Å². The van der Waals surface area contributed by atoms with Gasteiger partial charge in [0.15, 0.2) is 0 Å². The standard InChI is InChI=1S/C19H26N4O2/c1-19(8-5-9-25-19)13-21-18(24)17(20)10-16-12-23(14-22-16)11-15-6-3-2-4-7-15/h2-4,6-7,12,14,17H,5,8-11,13,20H2,1H3,(H,21,24)/t17-,19?/m0/s1. The van der Waals surface area contributed by atoms with E-state index < -0.39 is 6.04 Å². The van der Waals surface area contributed by atoms with Crippen molar-refractivity contribution in [2.75, 3.05) is 13.2 Å². The van der Waals surface area contributed by atoms with Crippen LogP contribution in [0.4, 0.5) is 0 Å². The van der Waals surface area contributed by atoms with Crippen LogP contribution in [0.2, 0.25) is 0 Å². The molecule has 0 radical (unpaired) electrons. The van der Waals surface area contributed by atoms with E-state index in [1.807, 2.05) is 35.9 Å². The summed E-state index contributed by atoms with van der Waals surface area (Å²) in [5.41, 5.74) is 7.81. The van der Waals surface area contributed by atoms with Gasteiger partial charge in [0.05, 0.1) is 23.7 Å². The SMILES string of the molecule is CC1(CNC(=O)[C@@H](N)Cc2cn(Cc3ccccc3)cn2)CCCO1. The van der Waals surface area contributed by atoms with E-state index in [0.29, 0.717) is 13.0 Å². The van der Waals surface area contributed by atoms with Gasteiger partial charge in [-0.25, -0.2) is 4.98 Å². The second-order valence-electron chi connectivity index (χ2n) is 6.95. The maximum Gasteiger partial charge on any atom is 0.237 e. The van der Waals surface area contributed by atoms with Crippen LogP contribution in [0.25, 0.3) is 0 Å². The van der Waals surface area contributed by atoms with Crippen molar-refractivity contribution >= 4 is 5.91 Å². The first-order valence-corrected chi connectivity index (χ1v) is 8.76. The summed E-state index contributed by atoms with van der Waals surface area (Å²) in [6.07, 6.45) is 6.15. The Hall–Kier alpha value is -2.18. The van der Waals surface area contributed by atoms with E-state index in [1.165, 1.54) is 5.56 Å². The summed E-state index contributed by atoms with van der Waals surface area (Å²) in [6, 6.07) is 9.57. The summed E-state index contributed by atoms with van der Waals surface area (Å²) >= 11 is 0. The third kappa shape index (κ3) is 4.90. The molecule has 0 spiro atoms. The average Bonchev–Trinajstić information content (AvgIpc) is 3.23. The summed E-state index contributed by atoms with van der Waals surface area (Å²) < 4.78 is 7.68. The lowest BCUT2D eigenvalue weighted by molar-refractivity contribution is -0.123. The predicted octanol–water partition coefficient (Wildman–Crippen LogP) is 1.49. The molecule has 1 aliphatic rings. The molecule has 1 amide bonds. The molecule has 3 N–H and O–H groups in total. The lowest BCUT2D eigenvalue weighted by Gasteiger charge is -2.24. The lowest BCUT2D eigenvalue weighted by atomic mass is 10.0. The van der Waals surface area contributed by atoms with Gasteiger partial charge < -0.3 is 20.4 Å². The van der Waals surface area contributed by atoms with Gasteiger partial charge >= 0.3 is 0 Å². The highest BCUT2D eigenvalue weighted by Gasteiger charge is 2.30. The number of nitrogens with zero attached hydrogens (tertiary/aromatic N) is 2.